The summed E-state index contributed by atoms with van der Waals surface area (Å²) in [4.78, 5) is 80.1. The van der Waals surface area contributed by atoms with E-state index in [9.17, 15) is 33.9 Å². The number of hydrogen-bond acceptors (Lipinski definition) is 7. The smallest absolute Gasteiger partial charge is 0.316 e. The van der Waals surface area contributed by atoms with E-state index in [1.54, 1.807) is 34.6 Å². The molecule has 1 aliphatic carbocycles. The molecule has 1 aromatic rings. The van der Waals surface area contributed by atoms with Gasteiger partial charge in [0.15, 0.2) is 5.78 Å². The van der Waals surface area contributed by atoms with Crippen molar-refractivity contribution >= 4 is 35.3 Å². The van der Waals surface area contributed by atoms with Crippen LogP contribution in [0.3, 0.4) is 0 Å². The number of nitrogens with zero attached hydrogens (tertiary/aromatic N) is 1. The van der Waals surface area contributed by atoms with Crippen LogP contribution in [-0.2, 0) is 19.2 Å². The van der Waals surface area contributed by atoms with E-state index < -0.39 is 59.1 Å². The number of ketones is 2. The summed E-state index contributed by atoms with van der Waals surface area (Å²) < 4.78 is 0. The zero-order chi connectivity index (χ0) is 33.8. The maximum atomic E-state index is 14.2. The van der Waals surface area contributed by atoms with Gasteiger partial charge in [-0.15, -0.1) is 0 Å². The number of phenols is 1. The molecule has 3 rings (SSSR count). The van der Waals surface area contributed by atoms with Crippen LogP contribution in [-0.4, -0.2) is 76.0 Å². The first-order chi connectivity index (χ1) is 20.9. The molecule has 248 valence electrons. The summed E-state index contributed by atoms with van der Waals surface area (Å²) in [6, 6.07) is 1.07. The van der Waals surface area contributed by atoms with Crippen molar-refractivity contribution in [1.82, 2.24) is 20.9 Å². The van der Waals surface area contributed by atoms with Crippen LogP contribution in [0.15, 0.2) is 24.3 Å². The third-order valence-electron chi connectivity index (χ3n) is 8.78. The predicted molar refractivity (Wildman–Crippen MR) is 168 cm³/mol. The highest BCUT2D eigenvalue weighted by atomic mass is 16.3. The second-order valence-electron chi connectivity index (χ2n) is 14.3. The molecule has 1 saturated heterocycles. The van der Waals surface area contributed by atoms with Crippen molar-refractivity contribution in [2.45, 2.75) is 98.3 Å². The van der Waals surface area contributed by atoms with Crippen LogP contribution in [0.2, 0.25) is 0 Å². The number of nitrogens with one attached hydrogen (secondary N) is 3. The fourth-order valence-corrected chi connectivity index (χ4v) is 5.67. The Bertz CT molecular complexity index is 1280. The molecule has 5 atom stereocenters. The Kier molecular flexibility index (Phi) is 11.4. The van der Waals surface area contributed by atoms with E-state index in [4.69, 9.17) is 5.73 Å². The lowest BCUT2D eigenvalue weighted by atomic mass is 9.85. The van der Waals surface area contributed by atoms with Gasteiger partial charge in [0, 0.05) is 12.1 Å². The molecule has 1 unspecified atom stereocenters. The number of primary amides is 1. The Hall–Kier alpha value is -3.96. The van der Waals surface area contributed by atoms with Gasteiger partial charge in [0.1, 0.15) is 17.8 Å². The lowest BCUT2D eigenvalue weighted by Crippen LogP contribution is -2.61. The Labute approximate surface area is 265 Å². The quantitative estimate of drug-likeness (QED) is 0.164. The molecule has 1 aromatic carbocycles. The number of benzene rings is 1. The van der Waals surface area contributed by atoms with Crippen LogP contribution < -0.4 is 21.7 Å². The zero-order valence-electron chi connectivity index (χ0n) is 27.4. The second-order valence-corrected chi connectivity index (χ2v) is 14.3. The fourth-order valence-electron chi connectivity index (χ4n) is 5.67. The molecule has 0 radical (unpaired) electrons. The van der Waals surface area contributed by atoms with Gasteiger partial charge < -0.3 is 31.7 Å². The van der Waals surface area contributed by atoms with Crippen molar-refractivity contribution in [3.05, 3.63) is 29.8 Å². The molecule has 6 N–H and O–H groups in total. The molecule has 1 aliphatic heterocycles. The SMILES string of the molecule is CC(C)[C@@H]1C[C@@H](C(=O)NC(CC2CC2)C(=O)C(N)=O)N(C(=O)[C@@H](NC(=O)N[C@H](C(=O)c2ccc(O)cc2)C(C)C)C(C)(C)C)C1. The average molecular weight is 628 g/mol. The van der Waals surface area contributed by atoms with Crippen molar-refractivity contribution in [1.29, 1.82) is 0 Å². The molecule has 0 spiro atoms. The van der Waals surface area contributed by atoms with Gasteiger partial charge in [-0.25, -0.2) is 4.79 Å². The number of likely N-dealkylation sites (tertiary alicyclic amines) is 1. The summed E-state index contributed by atoms with van der Waals surface area (Å²) in [5.41, 5.74) is 4.80. The van der Waals surface area contributed by atoms with Gasteiger partial charge in [0.2, 0.25) is 17.6 Å². The normalized spacial score (nSPS) is 20.3. The number of phenolic OH excluding ortho intramolecular Hbond substituents is 1. The van der Waals surface area contributed by atoms with E-state index in [2.05, 4.69) is 16.0 Å². The van der Waals surface area contributed by atoms with E-state index >= 15 is 0 Å². The number of hydrogen-bond donors (Lipinski definition) is 5. The highest BCUT2D eigenvalue weighted by molar-refractivity contribution is 6.37. The molecule has 12 nitrogen and oxygen atoms in total. The minimum absolute atomic E-state index is 0.0105. The van der Waals surface area contributed by atoms with Crippen LogP contribution in [0.5, 0.6) is 5.75 Å². The number of carbonyl (C=O) groups excluding carboxylic acids is 6. The van der Waals surface area contributed by atoms with E-state index in [1.165, 1.54) is 29.2 Å². The summed E-state index contributed by atoms with van der Waals surface area (Å²) in [6.45, 7) is 13.2. The van der Waals surface area contributed by atoms with E-state index in [0.29, 0.717) is 18.4 Å². The predicted octanol–water partition coefficient (Wildman–Crippen LogP) is 2.53. The number of nitrogens with two attached hydrogens (primary N) is 1. The number of aromatic hydroxyl groups is 1. The third kappa shape index (κ3) is 9.27. The number of Topliss-reactive ketones (excluding diaryl/α,β-unsaturated/α-hetero) is 2. The van der Waals surface area contributed by atoms with Crippen LogP contribution in [0.4, 0.5) is 4.79 Å². The van der Waals surface area contributed by atoms with Crippen molar-refractivity contribution in [2.75, 3.05) is 6.54 Å². The molecule has 1 heterocycles. The molecule has 0 aromatic heterocycles. The maximum absolute atomic E-state index is 14.2. The van der Waals surface area contributed by atoms with Crippen molar-refractivity contribution in [2.24, 2.45) is 34.8 Å². The van der Waals surface area contributed by atoms with E-state index in [-0.39, 0.29) is 41.7 Å². The van der Waals surface area contributed by atoms with Crippen LogP contribution in [0, 0.1) is 29.1 Å². The van der Waals surface area contributed by atoms with Gasteiger partial charge in [0.25, 0.3) is 5.91 Å². The van der Waals surface area contributed by atoms with Gasteiger partial charge in [-0.2, -0.15) is 0 Å². The first-order valence-corrected chi connectivity index (χ1v) is 15.7. The highest BCUT2D eigenvalue weighted by Crippen LogP contribution is 2.35. The minimum Gasteiger partial charge on any atom is -0.508 e. The summed E-state index contributed by atoms with van der Waals surface area (Å²) in [6.07, 6.45) is 2.48. The summed E-state index contributed by atoms with van der Waals surface area (Å²) in [5.74, 6) is -3.24. The molecular weight excluding hydrogens is 578 g/mol. The molecule has 2 fully saturated rings. The van der Waals surface area contributed by atoms with Gasteiger partial charge >= 0.3 is 6.03 Å². The number of urea groups is 1. The molecule has 45 heavy (non-hydrogen) atoms. The summed E-state index contributed by atoms with van der Waals surface area (Å²) in [7, 11) is 0. The third-order valence-corrected chi connectivity index (χ3v) is 8.78. The zero-order valence-corrected chi connectivity index (χ0v) is 27.4. The standard InChI is InChI=1S/C33H49N5O7/c1-17(2)21-15-24(30(43)35-23(14-19-8-9-19)27(41)29(34)42)38(16-21)31(44)28(33(5,6)7)37-32(45)36-25(18(3)4)26(40)20-10-12-22(39)13-11-20/h10-13,17-19,21,23-25,28,39H,8-9,14-16H2,1-7H3,(H2,34,42)(H,35,43)(H2,36,37,45)/t21-,23?,24+,25+,28-/m1/s1. The summed E-state index contributed by atoms with van der Waals surface area (Å²) in [5, 5.41) is 17.8. The van der Waals surface area contributed by atoms with Crippen LogP contribution in [0.25, 0.3) is 0 Å². The van der Waals surface area contributed by atoms with Crippen molar-refractivity contribution in [3.8, 4) is 5.75 Å². The van der Waals surface area contributed by atoms with Gasteiger partial charge in [0.05, 0.1) is 12.1 Å². The first kappa shape index (κ1) is 35.5. The van der Waals surface area contributed by atoms with Gasteiger partial charge in [-0.3, -0.25) is 24.0 Å². The van der Waals surface area contributed by atoms with E-state index in [0.717, 1.165) is 12.8 Å². The van der Waals surface area contributed by atoms with Gasteiger partial charge in [-0.05, 0) is 66.2 Å². The lowest BCUT2D eigenvalue weighted by molar-refractivity contribution is -0.143. The molecule has 1 saturated carbocycles. The molecule has 2 aliphatic rings. The summed E-state index contributed by atoms with van der Waals surface area (Å²) >= 11 is 0. The Balaban J connectivity index is 1.82. The van der Waals surface area contributed by atoms with Gasteiger partial charge in [-0.1, -0.05) is 61.3 Å². The maximum Gasteiger partial charge on any atom is 0.316 e. The first-order valence-electron chi connectivity index (χ1n) is 15.7. The lowest BCUT2D eigenvalue weighted by Gasteiger charge is -2.36. The molecule has 12 heteroatoms. The van der Waals surface area contributed by atoms with Crippen LogP contribution >= 0.6 is 0 Å². The average Bonchev–Trinajstić information content (AvgIpc) is 3.65. The highest BCUT2D eigenvalue weighted by Gasteiger charge is 2.46. The number of carbonyl (C=O) groups is 6. The minimum atomic E-state index is -1.12. The molecule has 5 amide bonds. The van der Waals surface area contributed by atoms with Crippen molar-refractivity contribution < 1.29 is 33.9 Å². The van der Waals surface area contributed by atoms with Crippen molar-refractivity contribution in [3.63, 3.8) is 0 Å². The topological polar surface area (TPSA) is 188 Å². The molecular formula is C33H49N5O7. The number of rotatable bonds is 13. The number of amides is 5. The Morgan fingerprint density at radius 2 is 1.56 bits per heavy atom. The fraction of sp³-hybridized carbons (Fsp3) is 0.636. The molecule has 0 bridgehead atoms. The van der Waals surface area contributed by atoms with Crippen LogP contribution in [0.1, 0.15) is 84.5 Å². The largest absolute Gasteiger partial charge is 0.508 e. The second kappa shape index (κ2) is 14.4. The Morgan fingerprint density at radius 1 is 0.956 bits per heavy atom. The monoisotopic (exact) mass is 627 g/mol. The Morgan fingerprint density at radius 3 is 2.04 bits per heavy atom. The van der Waals surface area contributed by atoms with E-state index in [1.807, 2.05) is 13.8 Å².